The van der Waals surface area contributed by atoms with Crippen molar-refractivity contribution >= 4 is 17.1 Å². The Labute approximate surface area is 130 Å². The van der Waals surface area contributed by atoms with Gasteiger partial charge in [0, 0.05) is 17.5 Å². The monoisotopic (exact) mass is 305 g/mol. The summed E-state index contributed by atoms with van der Waals surface area (Å²) in [4.78, 5) is 11.6. The van der Waals surface area contributed by atoms with Crippen LogP contribution in [0.1, 0.15) is 33.3 Å². The van der Waals surface area contributed by atoms with Gasteiger partial charge in [0.05, 0.1) is 12.9 Å². The Balaban J connectivity index is 1.98. The summed E-state index contributed by atoms with van der Waals surface area (Å²) in [6.45, 7) is 8.54. The lowest BCUT2D eigenvalue weighted by Crippen LogP contribution is -2.33. The SMILES string of the molecule is CCOc1cccc2c(CCNC(=O)OC(C)(C)C)coc12. The molecule has 0 aliphatic heterocycles. The molecule has 1 amide bonds. The van der Waals surface area contributed by atoms with E-state index in [-0.39, 0.29) is 0 Å². The molecule has 5 heteroatoms. The van der Waals surface area contributed by atoms with Crippen LogP contribution in [-0.4, -0.2) is 24.8 Å². The fraction of sp³-hybridized carbons (Fsp3) is 0.471. The second-order valence-corrected chi connectivity index (χ2v) is 6.01. The second kappa shape index (κ2) is 6.73. The molecule has 0 spiro atoms. The van der Waals surface area contributed by atoms with E-state index < -0.39 is 11.7 Å². The zero-order valence-electron chi connectivity index (χ0n) is 13.6. The normalized spacial score (nSPS) is 11.5. The van der Waals surface area contributed by atoms with Gasteiger partial charge in [0.25, 0.3) is 0 Å². The van der Waals surface area contributed by atoms with Crippen molar-refractivity contribution < 1.29 is 18.7 Å². The van der Waals surface area contributed by atoms with Gasteiger partial charge in [-0.3, -0.25) is 0 Å². The number of carbonyl (C=O) groups is 1. The molecule has 120 valence electrons. The minimum atomic E-state index is -0.487. The van der Waals surface area contributed by atoms with E-state index in [0.29, 0.717) is 19.6 Å². The van der Waals surface area contributed by atoms with Gasteiger partial charge in [-0.25, -0.2) is 4.79 Å². The zero-order valence-corrected chi connectivity index (χ0v) is 13.6. The first-order chi connectivity index (χ1) is 10.4. The number of benzene rings is 1. The Kier molecular flexibility index (Phi) is 4.96. The Morgan fingerprint density at radius 2 is 2.09 bits per heavy atom. The van der Waals surface area contributed by atoms with E-state index >= 15 is 0 Å². The first kappa shape index (κ1) is 16.2. The maximum atomic E-state index is 11.6. The molecule has 0 saturated heterocycles. The number of carbonyl (C=O) groups excluding carboxylic acids is 1. The van der Waals surface area contributed by atoms with Gasteiger partial charge in [0.1, 0.15) is 5.60 Å². The molecule has 0 atom stereocenters. The molecule has 1 heterocycles. The van der Waals surface area contributed by atoms with Gasteiger partial charge in [-0.1, -0.05) is 12.1 Å². The van der Waals surface area contributed by atoms with Crippen LogP contribution in [0.5, 0.6) is 5.75 Å². The molecule has 0 unspecified atom stereocenters. The molecule has 0 radical (unpaired) electrons. The Morgan fingerprint density at radius 1 is 1.32 bits per heavy atom. The largest absolute Gasteiger partial charge is 0.490 e. The van der Waals surface area contributed by atoms with Crippen molar-refractivity contribution in [2.24, 2.45) is 0 Å². The van der Waals surface area contributed by atoms with Crippen molar-refractivity contribution in [3.05, 3.63) is 30.0 Å². The number of para-hydroxylation sites is 1. The molecule has 1 aromatic carbocycles. The lowest BCUT2D eigenvalue weighted by Gasteiger charge is -2.19. The first-order valence-corrected chi connectivity index (χ1v) is 7.49. The average Bonchev–Trinajstić information content (AvgIpc) is 2.82. The maximum Gasteiger partial charge on any atom is 0.407 e. The van der Waals surface area contributed by atoms with E-state index in [1.807, 2.05) is 45.9 Å². The number of nitrogens with one attached hydrogen (secondary N) is 1. The predicted octanol–water partition coefficient (Wildman–Crippen LogP) is 3.90. The molecule has 0 fully saturated rings. The summed E-state index contributed by atoms with van der Waals surface area (Å²) < 4.78 is 16.4. The highest BCUT2D eigenvalue weighted by molar-refractivity contribution is 5.86. The quantitative estimate of drug-likeness (QED) is 0.910. The third-order valence-corrected chi connectivity index (χ3v) is 3.01. The lowest BCUT2D eigenvalue weighted by molar-refractivity contribution is 0.0528. The highest BCUT2D eigenvalue weighted by atomic mass is 16.6. The third kappa shape index (κ3) is 4.16. The van der Waals surface area contributed by atoms with E-state index in [1.54, 1.807) is 6.26 Å². The van der Waals surface area contributed by atoms with Crippen LogP contribution in [0.15, 0.2) is 28.9 Å². The van der Waals surface area contributed by atoms with Gasteiger partial charge in [0.2, 0.25) is 0 Å². The summed E-state index contributed by atoms with van der Waals surface area (Å²) in [6.07, 6.45) is 1.97. The van der Waals surface area contributed by atoms with E-state index in [0.717, 1.165) is 22.3 Å². The van der Waals surface area contributed by atoms with Gasteiger partial charge < -0.3 is 19.2 Å². The molecule has 2 aromatic rings. The van der Waals surface area contributed by atoms with E-state index in [4.69, 9.17) is 13.9 Å². The summed E-state index contributed by atoms with van der Waals surface area (Å²) in [5.41, 5.74) is 1.29. The summed E-state index contributed by atoms with van der Waals surface area (Å²) in [6, 6.07) is 5.82. The Bertz CT molecular complexity index is 640. The van der Waals surface area contributed by atoms with Crippen molar-refractivity contribution in [1.82, 2.24) is 5.32 Å². The standard InChI is InChI=1S/C17H23NO4/c1-5-20-14-8-6-7-13-12(11-21-15(13)14)9-10-18-16(19)22-17(2,3)4/h6-8,11H,5,9-10H2,1-4H3,(H,18,19). The smallest absolute Gasteiger partial charge is 0.407 e. The van der Waals surface area contributed by atoms with Crippen LogP contribution in [-0.2, 0) is 11.2 Å². The van der Waals surface area contributed by atoms with E-state index in [9.17, 15) is 4.79 Å². The molecule has 5 nitrogen and oxygen atoms in total. The molecule has 0 bridgehead atoms. The summed E-state index contributed by atoms with van der Waals surface area (Å²) in [5.74, 6) is 0.742. The number of hydrogen-bond donors (Lipinski definition) is 1. The van der Waals surface area contributed by atoms with Crippen LogP contribution in [0.4, 0.5) is 4.79 Å². The Hall–Kier alpha value is -2.17. The minimum absolute atomic E-state index is 0.407. The van der Waals surface area contributed by atoms with Gasteiger partial charge in [-0.2, -0.15) is 0 Å². The number of rotatable bonds is 5. The van der Waals surface area contributed by atoms with E-state index in [1.165, 1.54) is 0 Å². The van der Waals surface area contributed by atoms with Gasteiger partial charge in [-0.15, -0.1) is 0 Å². The van der Waals surface area contributed by atoms with E-state index in [2.05, 4.69) is 5.32 Å². The lowest BCUT2D eigenvalue weighted by atomic mass is 10.1. The van der Waals surface area contributed by atoms with Crippen LogP contribution in [0.3, 0.4) is 0 Å². The van der Waals surface area contributed by atoms with Crippen LogP contribution in [0.25, 0.3) is 11.0 Å². The van der Waals surface area contributed by atoms with Crippen LogP contribution in [0.2, 0.25) is 0 Å². The number of hydrogen-bond acceptors (Lipinski definition) is 4. The molecule has 22 heavy (non-hydrogen) atoms. The fourth-order valence-electron chi connectivity index (χ4n) is 2.16. The average molecular weight is 305 g/mol. The van der Waals surface area contributed by atoms with Crippen LogP contribution >= 0.6 is 0 Å². The van der Waals surface area contributed by atoms with Gasteiger partial charge in [0.15, 0.2) is 11.3 Å². The summed E-state index contributed by atoms with van der Waals surface area (Å²) >= 11 is 0. The molecule has 0 aliphatic carbocycles. The summed E-state index contributed by atoms with van der Waals surface area (Å²) in [5, 5.41) is 3.76. The van der Waals surface area contributed by atoms with Crippen molar-refractivity contribution in [3.63, 3.8) is 0 Å². The van der Waals surface area contributed by atoms with Crippen molar-refractivity contribution in [1.29, 1.82) is 0 Å². The fourth-order valence-corrected chi connectivity index (χ4v) is 2.16. The Morgan fingerprint density at radius 3 is 2.77 bits per heavy atom. The number of ether oxygens (including phenoxy) is 2. The van der Waals surface area contributed by atoms with Gasteiger partial charge >= 0.3 is 6.09 Å². The molecule has 2 rings (SSSR count). The molecular weight excluding hydrogens is 282 g/mol. The van der Waals surface area contributed by atoms with Crippen molar-refractivity contribution in [3.8, 4) is 5.75 Å². The first-order valence-electron chi connectivity index (χ1n) is 7.49. The van der Waals surface area contributed by atoms with Crippen LogP contribution < -0.4 is 10.1 Å². The van der Waals surface area contributed by atoms with Gasteiger partial charge in [-0.05, 0) is 40.2 Å². The number of fused-ring (bicyclic) bond motifs is 1. The number of furan rings is 1. The van der Waals surface area contributed by atoms with Crippen molar-refractivity contribution in [2.45, 2.75) is 39.7 Å². The third-order valence-electron chi connectivity index (χ3n) is 3.01. The molecule has 1 N–H and O–H groups in total. The predicted molar refractivity (Wildman–Crippen MR) is 85.3 cm³/mol. The maximum absolute atomic E-state index is 11.6. The molecule has 0 saturated carbocycles. The molecule has 1 aromatic heterocycles. The minimum Gasteiger partial charge on any atom is -0.490 e. The number of alkyl carbamates (subject to hydrolysis) is 1. The highest BCUT2D eigenvalue weighted by Crippen LogP contribution is 2.29. The summed E-state index contributed by atoms with van der Waals surface area (Å²) in [7, 11) is 0. The highest BCUT2D eigenvalue weighted by Gasteiger charge is 2.16. The van der Waals surface area contributed by atoms with Crippen molar-refractivity contribution in [2.75, 3.05) is 13.2 Å². The number of amides is 1. The zero-order chi connectivity index (χ0) is 16.2. The molecular formula is C17H23NO4. The van der Waals surface area contributed by atoms with Crippen LogP contribution in [0, 0.1) is 0 Å². The topological polar surface area (TPSA) is 60.7 Å². The molecule has 0 aliphatic rings. The second-order valence-electron chi connectivity index (χ2n) is 6.01.